The number of hydrogen-bond acceptors (Lipinski definition) is 4. The van der Waals surface area contributed by atoms with Crippen molar-refractivity contribution in [2.45, 2.75) is 31.5 Å². The van der Waals surface area contributed by atoms with Crippen LogP contribution < -0.4 is 10.0 Å². The average molecular weight is 294 g/mol. The highest BCUT2D eigenvalue weighted by atomic mass is 32.2. The van der Waals surface area contributed by atoms with Crippen LogP contribution in [0.5, 0.6) is 0 Å². The van der Waals surface area contributed by atoms with Gasteiger partial charge in [-0.05, 0) is 23.8 Å². The lowest BCUT2D eigenvalue weighted by Gasteiger charge is -2.09. The number of nitrogens with zero attached hydrogens (tertiary/aromatic N) is 1. The van der Waals surface area contributed by atoms with Crippen molar-refractivity contribution in [2.75, 3.05) is 4.72 Å². The van der Waals surface area contributed by atoms with Crippen LogP contribution in [-0.2, 0) is 16.6 Å². The first-order chi connectivity index (χ1) is 9.47. The number of rotatable bonds is 6. The summed E-state index contributed by atoms with van der Waals surface area (Å²) in [5.74, 6) is 0. The fourth-order valence-corrected chi connectivity index (χ4v) is 2.58. The second kappa shape index (κ2) is 6.06. The van der Waals surface area contributed by atoms with E-state index in [0.29, 0.717) is 11.7 Å². The van der Waals surface area contributed by atoms with Crippen LogP contribution in [0.1, 0.15) is 19.4 Å². The van der Waals surface area contributed by atoms with Gasteiger partial charge in [-0.3, -0.25) is 9.82 Å². The Hall–Kier alpha value is -1.86. The number of anilines is 1. The Labute approximate surface area is 118 Å². The number of aromatic nitrogens is 2. The molecule has 0 saturated heterocycles. The molecule has 6 nitrogen and oxygen atoms in total. The van der Waals surface area contributed by atoms with Crippen LogP contribution in [0.4, 0.5) is 5.69 Å². The summed E-state index contributed by atoms with van der Waals surface area (Å²) in [6.45, 7) is 4.91. The molecule has 0 fully saturated rings. The van der Waals surface area contributed by atoms with Gasteiger partial charge < -0.3 is 5.32 Å². The van der Waals surface area contributed by atoms with E-state index in [1.54, 1.807) is 12.1 Å². The molecular weight excluding hydrogens is 276 g/mol. The first-order valence-corrected chi connectivity index (χ1v) is 7.80. The molecule has 0 spiro atoms. The molecule has 3 N–H and O–H groups in total. The zero-order valence-electron chi connectivity index (χ0n) is 11.4. The molecule has 0 saturated carbocycles. The number of hydrogen-bond donors (Lipinski definition) is 3. The van der Waals surface area contributed by atoms with E-state index >= 15 is 0 Å². The van der Waals surface area contributed by atoms with Crippen molar-refractivity contribution >= 4 is 15.7 Å². The standard InChI is InChI=1S/C13H18N4O2S/c1-10(2)14-9-11-3-5-12(6-4-11)17-20(18,19)13-7-8-15-16-13/h3-8,10,14,17H,9H2,1-2H3,(H,15,16). The lowest BCUT2D eigenvalue weighted by molar-refractivity contribution is 0.589. The maximum Gasteiger partial charge on any atom is 0.278 e. The maximum absolute atomic E-state index is 12.0. The summed E-state index contributed by atoms with van der Waals surface area (Å²) in [6, 6.07) is 9.08. The fourth-order valence-electron chi connectivity index (χ4n) is 1.62. The second-order valence-electron chi connectivity index (χ2n) is 4.76. The van der Waals surface area contributed by atoms with Crippen LogP contribution in [0.3, 0.4) is 0 Å². The zero-order valence-corrected chi connectivity index (χ0v) is 12.2. The minimum Gasteiger partial charge on any atom is -0.310 e. The van der Waals surface area contributed by atoms with Crippen molar-refractivity contribution in [3.05, 3.63) is 42.1 Å². The molecule has 20 heavy (non-hydrogen) atoms. The Kier molecular flexibility index (Phi) is 4.41. The molecule has 7 heteroatoms. The van der Waals surface area contributed by atoms with Crippen molar-refractivity contribution < 1.29 is 8.42 Å². The summed E-state index contributed by atoms with van der Waals surface area (Å²) in [6.07, 6.45) is 1.40. The quantitative estimate of drug-likeness (QED) is 0.757. The lowest BCUT2D eigenvalue weighted by atomic mass is 10.2. The Balaban J connectivity index is 2.04. The van der Waals surface area contributed by atoms with E-state index in [0.717, 1.165) is 12.1 Å². The van der Waals surface area contributed by atoms with Crippen LogP contribution in [0, 0.1) is 0 Å². The SMILES string of the molecule is CC(C)NCc1ccc(NS(=O)(=O)c2ccn[nH]2)cc1. The van der Waals surface area contributed by atoms with E-state index in [9.17, 15) is 8.42 Å². The molecule has 0 bridgehead atoms. The number of benzene rings is 1. The highest BCUT2D eigenvalue weighted by Crippen LogP contribution is 2.14. The summed E-state index contributed by atoms with van der Waals surface area (Å²) >= 11 is 0. The normalized spacial score (nSPS) is 11.8. The molecule has 108 valence electrons. The molecule has 1 aromatic carbocycles. The summed E-state index contributed by atoms with van der Waals surface area (Å²) in [5, 5.41) is 9.41. The minimum atomic E-state index is -3.59. The second-order valence-corrected chi connectivity index (χ2v) is 6.41. The Morgan fingerprint density at radius 1 is 1.20 bits per heavy atom. The van der Waals surface area contributed by atoms with Gasteiger partial charge in [-0.25, -0.2) is 0 Å². The van der Waals surface area contributed by atoms with Crippen molar-refractivity contribution in [1.29, 1.82) is 0 Å². The Morgan fingerprint density at radius 2 is 1.90 bits per heavy atom. The molecule has 0 aliphatic carbocycles. The van der Waals surface area contributed by atoms with Crippen LogP contribution in [-0.4, -0.2) is 24.7 Å². The van der Waals surface area contributed by atoms with Crippen molar-refractivity contribution in [3.8, 4) is 0 Å². The van der Waals surface area contributed by atoms with Gasteiger partial charge in [0.2, 0.25) is 0 Å². The van der Waals surface area contributed by atoms with E-state index in [1.807, 2.05) is 12.1 Å². The van der Waals surface area contributed by atoms with Crippen LogP contribution >= 0.6 is 0 Å². The minimum absolute atomic E-state index is 0.0445. The molecule has 0 aliphatic rings. The van der Waals surface area contributed by atoms with E-state index in [4.69, 9.17) is 0 Å². The number of sulfonamides is 1. The van der Waals surface area contributed by atoms with Crippen molar-refractivity contribution in [2.24, 2.45) is 0 Å². The van der Waals surface area contributed by atoms with Gasteiger partial charge in [0.05, 0.1) is 6.20 Å². The van der Waals surface area contributed by atoms with E-state index in [2.05, 4.69) is 34.1 Å². The summed E-state index contributed by atoms with van der Waals surface area (Å²) in [4.78, 5) is 0. The van der Waals surface area contributed by atoms with Crippen LogP contribution in [0.15, 0.2) is 41.6 Å². The molecule has 1 heterocycles. The molecule has 1 aromatic heterocycles. The summed E-state index contributed by atoms with van der Waals surface area (Å²) in [7, 11) is -3.59. The number of aromatic amines is 1. The van der Waals surface area contributed by atoms with Gasteiger partial charge in [-0.2, -0.15) is 13.5 Å². The fraction of sp³-hybridized carbons (Fsp3) is 0.308. The average Bonchev–Trinajstić information content (AvgIpc) is 2.92. The molecule has 0 amide bonds. The molecule has 2 aromatic rings. The maximum atomic E-state index is 12.0. The van der Waals surface area contributed by atoms with Crippen LogP contribution in [0.2, 0.25) is 0 Å². The smallest absolute Gasteiger partial charge is 0.278 e. The van der Waals surface area contributed by atoms with E-state index < -0.39 is 10.0 Å². The predicted molar refractivity (Wildman–Crippen MR) is 77.8 cm³/mol. The van der Waals surface area contributed by atoms with Gasteiger partial charge in [0, 0.05) is 18.3 Å². The van der Waals surface area contributed by atoms with Gasteiger partial charge in [-0.1, -0.05) is 26.0 Å². The monoisotopic (exact) mass is 294 g/mol. The molecule has 0 unspecified atom stereocenters. The lowest BCUT2D eigenvalue weighted by Crippen LogP contribution is -2.21. The third-order valence-electron chi connectivity index (χ3n) is 2.69. The van der Waals surface area contributed by atoms with Gasteiger partial charge >= 0.3 is 0 Å². The summed E-state index contributed by atoms with van der Waals surface area (Å²) in [5.41, 5.74) is 1.62. The van der Waals surface area contributed by atoms with Crippen molar-refractivity contribution in [1.82, 2.24) is 15.5 Å². The first kappa shape index (κ1) is 14.5. The Morgan fingerprint density at radius 3 is 2.45 bits per heavy atom. The van der Waals surface area contributed by atoms with Crippen molar-refractivity contribution in [3.63, 3.8) is 0 Å². The largest absolute Gasteiger partial charge is 0.310 e. The molecular formula is C13H18N4O2S. The predicted octanol–water partition coefficient (Wildman–Crippen LogP) is 1.71. The first-order valence-electron chi connectivity index (χ1n) is 6.32. The number of nitrogens with one attached hydrogen (secondary N) is 3. The van der Waals surface area contributed by atoms with Gasteiger partial charge in [0.25, 0.3) is 10.0 Å². The van der Waals surface area contributed by atoms with Gasteiger partial charge in [-0.15, -0.1) is 0 Å². The topological polar surface area (TPSA) is 86.9 Å². The molecule has 0 atom stereocenters. The third kappa shape index (κ3) is 3.82. The molecule has 0 radical (unpaired) electrons. The summed E-state index contributed by atoms with van der Waals surface area (Å²) < 4.78 is 26.4. The molecule has 0 aliphatic heterocycles. The Bertz CT molecular complexity index is 634. The van der Waals surface area contributed by atoms with Gasteiger partial charge in [0.15, 0.2) is 5.03 Å². The van der Waals surface area contributed by atoms with Crippen LogP contribution in [0.25, 0.3) is 0 Å². The van der Waals surface area contributed by atoms with Gasteiger partial charge in [0.1, 0.15) is 0 Å². The zero-order chi connectivity index (χ0) is 14.6. The van der Waals surface area contributed by atoms with E-state index in [1.165, 1.54) is 12.3 Å². The molecule has 2 rings (SSSR count). The number of H-pyrrole nitrogens is 1. The third-order valence-corrected chi connectivity index (χ3v) is 4.00. The highest BCUT2D eigenvalue weighted by Gasteiger charge is 2.15. The van der Waals surface area contributed by atoms with E-state index in [-0.39, 0.29) is 5.03 Å². The highest BCUT2D eigenvalue weighted by molar-refractivity contribution is 7.92.